The standard InChI is InChI=1S/C13H14N4O/c14-13(18)11-1-2-12(17-9-11)16-8-5-10-3-6-15-7-4-10/h1-4,6-7,9H,5,8H2,(H2,14,18)(H,16,17). The number of nitrogens with one attached hydrogen (secondary N) is 1. The maximum Gasteiger partial charge on any atom is 0.250 e. The smallest absolute Gasteiger partial charge is 0.250 e. The van der Waals surface area contributed by atoms with Crippen molar-refractivity contribution in [1.82, 2.24) is 9.97 Å². The average molecular weight is 242 g/mol. The molecule has 3 N–H and O–H groups in total. The lowest BCUT2D eigenvalue weighted by molar-refractivity contribution is 0.1000. The monoisotopic (exact) mass is 242 g/mol. The fourth-order valence-electron chi connectivity index (χ4n) is 1.53. The zero-order valence-electron chi connectivity index (χ0n) is 9.84. The maximum absolute atomic E-state index is 10.9. The van der Waals surface area contributed by atoms with Gasteiger partial charge in [0.25, 0.3) is 0 Å². The minimum atomic E-state index is -0.467. The molecule has 0 aliphatic heterocycles. The first-order chi connectivity index (χ1) is 8.75. The van der Waals surface area contributed by atoms with Crippen LogP contribution in [0.1, 0.15) is 15.9 Å². The molecule has 92 valence electrons. The highest BCUT2D eigenvalue weighted by molar-refractivity contribution is 5.92. The van der Waals surface area contributed by atoms with Gasteiger partial charge < -0.3 is 11.1 Å². The van der Waals surface area contributed by atoms with Crippen molar-refractivity contribution in [2.24, 2.45) is 5.73 Å². The highest BCUT2D eigenvalue weighted by atomic mass is 16.1. The van der Waals surface area contributed by atoms with Gasteiger partial charge >= 0.3 is 0 Å². The van der Waals surface area contributed by atoms with Crippen molar-refractivity contribution in [2.45, 2.75) is 6.42 Å². The first-order valence-electron chi connectivity index (χ1n) is 5.64. The summed E-state index contributed by atoms with van der Waals surface area (Å²) in [6.45, 7) is 0.771. The zero-order valence-corrected chi connectivity index (χ0v) is 9.84. The molecule has 5 nitrogen and oxygen atoms in total. The van der Waals surface area contributed by atoms with E-state index in [2.05, 4.69) is 15.3 Å². The Labute approximate surface area is 105 Å². The van der Waals surface area contributed by atoms with Crippen LogP contribution < -0.4 is 11.1 Å². The summed E-state index contributed by atoms with van der Waals surface area (Å²) >= 11 is 0. The van der Waals surface area contributed by atoms with E-state index >= 15 is 0 Å². The highest BCUT2D eigenvalue weighted by Gasteiger charge is 2.00. The predicted molar refractivity (Wildman–Crippen MR) is 69.2 cm³/mol. The van der Waals surface area contributed by atoms with E-state index in [1.165, 1.54) is 11.8 Å². The third-order valence-electron chi connectivity index (χ3n) is 2.52. The minimum absolute atomic E-state index is 0.412. The number of hydrogen-bond donors (Lipinski definition) is 2. The van der Waals surface area contributed by atoms with Crippen molar-refractivity contribution in [1.29, 1.82) is 0 Å². The SMILES string of the molecule is NC(=O)c1ccc(NCCc2ccncc2)nc1. The molecule has 0 atom stereocenters. The number of amides is 1. The molecule has 0 bridgehead atoms. The quantitative estimate of drug-likeness (QED) is 0.826. The molecule has 0 aromatic carbocycles. The molecular formula is C13H14N4O. The third kappa shape index (κ3) is 3.28. The Hall–Kier alpha value is -2.43. The van der Waals surface area contributed by atoms with Crippen LogP contribution >= 0.6 is 0 Å². The first kappa shape index (κ1) is 12.0. The summed E-state index contributed by atoms with van der Waals surface area (Å²) in [5.74, 6) is 0.264. The van der Waals surface area contributed by atoms with Crippen LogP contribution in [0.4, 0.5) is 5.82 Å². The number of nitrogens with zero attached hydrogens (tertiary/aromatic N) is 2. The lowest BCUT2D eigenvalue weighted by atomic mass is 10.2. The van der Waals surface area contributed by atoms with Gasteiger partial charge in [-0.1, -0.05) is 0 Å². The number of aromatic nitrogens is 2. The minimum Gasteiger partial charge on any atom is -0.370 e. The number of carbonyl (C=O) groups excluding carboxylic acids is 1. The lowest BCUT2D eigenvalue weighted by Gasteiger charge is -2.05. The van der Waals surface area contributed by atoms with E-state index in [9.17, 15) is 4.79 Å². The molecule has 0 saturated heterocycles. The van der Waals surface area contributed by atoms with E-state index in [4.69, 9.17) is 5.73 Å². The van der Waals surface area contributed by atoms with Crippen molar-refractivity contribution >= 4 is 11.7 Å². The maximum atomic E-state index is 10.9. The predicted octanol–water partition coefficient (Wildman–Crippen LogP) is 1.23. The van der Waals surface area contributed by atoms with Crippen LogP contribution in [-0.2, 0) is 6.42 Å². The van der Waals surface area contributed by atoms with Gasteiger partial charge in [0.05, 0.1) is 5.56 Å². The van der Waals surface area contributed by atoms with Crippen molar-refractivity contribution < 1.29 is 4.79 Å². The molecule has 0 aliphatic carbocycles. The molecule has 0 saturated carbocycles. The highest BCUT2D eigenvalue weighted by Crippen LogP contribution is 2.05. The molecule has 1 amide bonds. The van der Waals surface area contributed by atoms with Crippen molar-refractivity contribution in [3.8, 4) is 0 Å². The number of anilines is 1. The Bertz CT molecular complexity index is 510. The van der Waals surface area contributed by atoms with E-state index in [1.54, 1.807) is 24.5 Å². The van der Waals surface area contributed by atoms with Crippen molar-refractivity contribution in [2.75, 3.05) is 11.9 Å². The van der Waals surface area contributed by atoms with Crippen molar-refractivity contribution in [3.05, 3.63) is 54.0 Å². The Kier molecular flexibility index (Phi) is 3.86. The second-order valence-electron chi connectivity index (χ2n) is 3.83. The number of nitrogens with two attached hydrogens (primary N) is 1. The van der Waals surface area contributed by atoms with E-state index in [0.29, 0.717) is 5.56 Å². The molecule has 2 aromatic heterocycles. The fourth-order valence-corrected chi connectivity index (χ4v) is 1.53. The average Bonchev–Trinajstić information content (AvgIpc) is 2.40. The van der Waals surface area contributed by atoms with Crippen LogP contribution in [0.2, 0.25) is 0 Å². The van der Waals surface area contributed by atoms with Crippen molar-refractivity contribution in [3.63, 3.8) is 0 Å². The molecule has 2 aromatic rings. The number of rotatable bonds is 5. The van der Waals surface area contributed by atoms with E-state index < -0.39 is 5.91 Å². The fraction of sp³-hybridized carbons (Fsp3) is 0.154. The summed E-state index contributed by atoms with van der Waals surface area (Å²) in [7, 11) is 0. The van der Waals surface area contributed by atoms with Crippen LogP contribution in [0.25, 0.3) is 0 Å². The van der Waals surface area contributed by atoms with Gasteiger partial charge in [-0.25, -0.2) is 4.98 Å². The van der Waals surface area contributed by atoms with Crippen LogP contribution in [0.3, 0.4) is 0 Å². The molecule has 0 radical (unpaired) electrons. The second kappa shape index (κ2) is 5.77. The summed E-state index contributed by atoms with van der Waals surface area (Å²) in [4.78, 5) is 18.9. The number of carbonyl (C=O) groups is 1. The molecule has 2 rings (SSSR count). The Balaban J connectivity index is 1.85. The molecular weight excluding hydrogens is 228 g/mol. The Morgan fingerprint density at radius 2 is 2.00 bits per heavy atom. The van der Waals surface area contributed by atoms with E-state index in [1.807, 2.05) is 12.1 Å². The normalized spacial score (nSPS) is 10.0. The van der Waals surface area contributed by atoms with Gasteiger partial charge in [-0.05, 0) is 36.2 Å². The van der Waals surface area contributed by atoms with Gasteiger partial charge in [-0.2, -0.15) is 0 Å². The topological polar surface area (TPSA) is 80.9 Å². The van der Waals surface area contributed by atoms with E-state index in [-0.39, 0.29) is 0 Å². The Morgan fingerprint density at radius 3 is 2.61 bits per heavy atom. The number of hydrogen-bond acceptors (Lipinski definition) is 4. The van der Waals surface area contributed by atoms with Crippen LogP contribution in [0.5, 0.6) is 0 Å². The summed E-state index contributed by atoms with van der Waals surface area (Å²) in [5.41, 5.74) is 6.76. The molecule has 5 heteroatoms. The molecule has 2 heterocycles. The Morgan fingerprint density at radius 1 is 1.22 bits per heavy atom. The second-order valence-corrected chi connectivity index (χ2v) is 3.83. The lowest BCUT2D eigenvalue weighted by Crippen LogP contribution is -2.12. The zero-order chi connectivity index (χ0) is 12.8. The molecule has 18 heavy (non-hydrogen) atoms. The summed E-state index contributed by atoms with van der Waals surface area (Å²) in [6.07, 6.45) is 5.91. The van der Waals surface area contributed by atoms with Crippen LogP contribution in [0.15, 0.2) is 42.9 Å². The largest absolute Gasteiger partial charge is 0.370 e. The number of primary amides is 1. The number of pyridine rings is 2. The van der Waals surface area contributed by atoms with Crippen LogP contribution in [0, 0.1) is 0 Å². The molecule has 0 unspecified atom stereocenters. The van der Waals surface area contributed by atoms with Gasteiger partial charge in [0.15, 0.2) is 0 Å². The van der Waals surface area contributed by atoms with Gasteiger partial charge in [-0.15, -0.1) is 0 Å². The van der Waals surface area contributed by atoms with E-state index in [0.717, 1.165) is 18.8 Å². The van der Waals surface area contributed by atoms with Crippen LogP contribution in [-0.4, -0.2) is 22.4 Å². The van der Waals surface area contributed by atoms with Gasteiger partial charge in [0, 0.05) is 25.1 Å². The molecule has 0 fully saturated rings. The first-order valence-corrected chi connectivity index (χ1v) is 5.64. The summed E-state index contributed by atoms with van der Waals surface area (Å²) in [6, 6.07) is 7.35. The summed E-state index contributed by atoms with van der Waals surface area (Å²) in [5, 5.41) is 3.18. The molecule has 0 spiro atoms. The van der Waals surface area contributed by atoms with Gasteiger partial charge in [0.1, 0.15) is 5.82 Å². The third-order valence-corrected chi connectivity index (χ3v) is 2.52. The summed E-state index contributed by atoms with van der Waals surface area (Å²) < 4.78 is 0. The molecule has 0 aliphatic rings. The van der Waals surface area contributed by atoms with Gasteiger partial charge in [-0.3, -0.25) is 9.78 Å². The van der Waals surface area contributed by atoms with Gasteiger partial charge in [0.2, 0.25) is 5.91 Å².